The molecule has 1 aromatic rings. The van der Waals surface area contributed by atoms with Crippen LogP contribution in [-0.4, -0.2) is 43.1 Å². The second-order valence-electron chi connectivity index (χ2n) is 5.52. The van der Waals surface area contributed by atoms with Gasteiger partial charge >= 0.3 is 17.9 Å². The molecular formula is C16H21N3O5. The van der Waals surface area contributed by atoms with Gasteiger partial charge in [-0.3, -0.25) is 4.79 Å². The Morgan fingerprint density at radius 3 is 2.54 bits per heavy atom. The molecule has 8 nitrogen and oxygen atoms in total. The van der Waals surface area contributed by atoms with Crippen LogP contribution in [0.2, 0.25) is 0 Å². The number of esters is 3. The highest BCUT2D eigenvalue weighted by Gasteiger charge is 2.24. The topological polar surface area (TPSA) is 134 Å². The zero-order chi connectivity index (χ0) is 17.5. The van der Waals surface area contributed by atoms with Crippen molar-refractivity contribution in [2.45, 2.75) is 31.3 Å². The molecule has 0 amide bonds. The molecule has 130 valence electrons. The zero-order valence-corrected chi connectivity index (χ0v) is 13.2. The van der Waals surface area contributed by atoms with Crippen LogP contribution in [0.5, 0.6) is 5.75 Å². The summed E-state index contributed by atoms with van der Waals surface area (Å²) < 4.78 is 9.75. The second-order valence-corrected chi connectivity index (χ2v) is 5.52. The van der Waals surface area contributed by atoms with Crippen molar-refractivity contribution < 1.29 is 23.9 Å². The summed E-state index contributed by atoms with van der Waals surface area (Å²) in [4.78, 5) is 34.4. The minimum absolute atomic E-state index is 0.190. The monoisotopic (exact) mass is 335 g/mol. The van der Waals surface area contributed by atoms with Crippen molar-refractivity contribution in [2.24, 2.45) is 11.5 Å². The number of nitrogens with two attached hydrogens (primary N) is 2. The molecule has 24 heavy (non-hydrogen) atoms. The summed E-state index contributed by atoms with van der Waals surface area (Å²) >= 11 is 0. The van der Waals surface area contributed by atoms with Crippen LogP contribution in [0.1, 0.15) is 18.4 Å². The van der Waals surface area contributed by atoms with Crippen molar-refractivity contribution in [3.8, 4) is 5.75 Å². The normalized spacial score (nSPS) is 18.0. The summed E-state index contributed by atoms with van der Waals surface area (Å²) in [6.07, 6.45) is 1.92. The molecule has 0 saturated carbocycles. The summed E-state index contributed by atoms with van der Waals surface area (Å²) in [5.74, 6) is -1.53. The van der Waals surface area contributed by atoms with Crippen molar-refractivity contribution in [1.82, 2.24) is 5.32 Å². The van der Waals surface area contributed by atoms with E-state index in [4.69, 9.17) is 16.2 Å². The molecule has 1 aromatic carbocycles. The van der Waals surface area contributed by atoms with E-state index in [1.807, 2.05) is 0 Å². The minimum atomic E-state index is -0.975. The molecule has 1 saturated heterocycles. The largest absolute Gasteiger partial charge is 0.425 e. The van der Waals surface area contributed by atoms with Crippen LogP contribution in [0.4, 0.5) is 0 Å². The van der Waals surface area contributed by atoms with Gasteiger partial charge < -0.3 is 26.3 Å². The predicted octanol–water partition coefficient (Wildman–Crippen LogP) is -0.758. The molecule has 0 aromatic heterocycles. The molecule has 2 atom stereocenters. The van der Waals surface area contributed by atoms with Gasteiger partial charge in [-0.05, 0) is 43.5 Å². The van der Waals surface area contributed by atoms with Crippen LogP contribution in [-0.2, 0) is 25.5 Å². The van der Waals surface area contributed by atoms with E-state index < -0.39 is 18.0 Å². The van der Waals surface area contributed by atoms with Crippen LogP contribution >= 0.6 is 0 Å². The lowest BCUT2D eigenvalue weighted by molar-refractivity contribution is -0.159. The van der Waals surface area contributed by atoms with E-state index in [0.29, 0.717) is 5.75 Å². The predicted molar refractivity (Wildman–Crippen MR) is 84.9 cm³/mol. The quantitative estimate of drug-likeness (QED) is 0.351. The Kier molecular flexibility index (Phi) is 6.42. The van der Waals surface area contributed by atoms with Gasteiger partial charge in [0.05, 0.1) is 6.54 Å². The third kappa shape index (κ3) is 5.12. The van der Waals surface area contributed by atoms with Crippen LogP contribution in [0.3, 0.4) is 0 Å². The smallest absolute Gasteiger partial charge is 0.330 e. The van der Waals surface area contributed by atoms with Gasteiger partial charge in [-0.15, -0.1) is 0 Å². The number of benzene rings is 1. The van der Waals surface area contributed by atoms with Gasteiger partial charge in [0.2, 0.25) is 0 Å². The van der Waals surface area contributed by atoms with E-state index in [2.05, 4.69) is 10.1 Å². The van der Waals surface area contributed by atoms with E-state index in [1.165, 1.54) is 0 Å². The molecule has 1 heterocycles. The standard InChI is InChI=1S/C16H21N3O5/c17-9-14(20)24-15(21)12(18)8-10-3-5-11(6-4-10)23-16(22)13-2-1-7-19-13/h3-6,12-13,19H,1-2,7-9,17-18H2/t12-,13-/m0/s1. The number of carbonyl (C=O) groups excluding carboxylic acids is 3. The molecule has 1 aliphatic rings. The maximum absolute atomic E-state index is 11.9. The van der Waals surface area contributed by atoms with Gasteiger partial charge in [0.25, 0.3) is 0 Å². The highest BCUT2D eigenvalue weighted by Crippen LogP contribution is 2.16. The van der Waals surface area contributed by atoms with E-state index >= 15 is 0 Å². The molecule has 0 spiro atoms. The Morgan fingerprint density at radius 2 is 1.96 bits per heavy atom. The molecule has 0 bridgehead atoms. The Balaban J connectivity index is 1.86. The molecule has 1 fully saturated rings. The summed E-state index contributed by atoms with van der Waals surface area (Å²) in [5.41, 5.74) is 11.5. The van der Waals surface area contributed by atoms with Gasteiger partial charge in [0, 0.05) is 0 Å². The molecule has 8 heteroatoms. The third-order valence-electron chi connectivity index (χ3n) is 3.63. The van der Waals surface area contributed by atoms with Crippen molar-refractivity contribution in [3.63, 3.8) is 0 Å². The molecule has 0 aliphatic carbocycles. The van der Waals surface area contributed by atoms with E-state index in [-0.39, 0.29) is 25.0 Å². The molecule has 1 aliphatic heterocycles. The first-order valence-electron chi connectivity index (χ1n) is 7.74. The van der Waals surface area contributed by atoms with E-state index in [0.717, 1.165) is 24.9 Å². The van der Waals surface area contributed by atoms with Crippen LogP contribution < -0.4 is 21.5 Å². The first kappa shape index (κ1) is 18.1. The highest BCUT2D eigenvalue weighted by molar-refractivity contribution is 5.89. The molecule has 0 unspecified atom stereocenters. The first-order chi connectivity index (χ1) is 11.5. The Bertz CT molecular complexity index is 596. The van der Waals surface area contributed by atoms with Crippen molar-refractivity contribution in [2.75, 3.05) is 13.1 Å². The maximum atomic E-state index is 11.9. The Hall–Kier alpha value is -2.29. The van der Waals surface area contributed by atoms with Crippen LogP contribution in [0.25, 0.3) is 0 Å². The van der Waals surface area contributed by atoms with E-state index in [1.54, 1.807) is 24.3 Å². The maximum Gasteiger partial charge on any atom is 0.330 e. The van der Waals surface area contributed by atoms with Crippen molar-refractivity contribution in [3.05, 3.63) is 29.8 Å². The molecule has 0 radical (unpaired) electrons. The van der Waals surface area contributed by atoms with Gasteiger partial charge in [-0.25, -0.2) is 9.59 Å². The zero-order valence-electron chi connectivity index (χ0n) is 13.2. The summed E-state index contributed by atoms with van der Waals surface area (Å²) in [5, 5.41) is 3.07. The lowest BCUT2D eigenvalue weighted by atomic mass is 10.1. The lowest BCUT2D eigenvalue weighted by Gasteiger charge is -2.12. The van der Waals surface area contributed by atoms with Crippen molar-refractivity contribution in [1.29, 1.82) is 0 Å². The fraction of sp³-hybridized carbons (Fsp3) is 0.438. The third-order valence-corrected chi connectivity index (χ3v) is 3.63. The summed E-state index contributed by atoms with van der Waals surface area (Å²) in [7, 11) is 0. The number of carbonyl (C=O) groups is 3. The number of ether oxygens (including phenoxy) is 2. The van der Waals surface area contributed by atoms with Gasteiger partial charge in [-0.2, -0.15) is 0 Å². The minimum Gasteiger partial charge on any atom is -0.425 e. The fourth-order valence-corrected chi connectivity index (χ4v) is 2.33. The number of nitrogens with one attached hydrogen (secondary N) is 1. The van der Waals surface area contributed by atoms with Crippen molar-refractivity contribution >= 4 is 17.9 Å². The SMILES string of the molecule is NCC(=O)OC(=O)[C@@H](N)Cc1ccc(OC(=O)[C@@H]2CCCN2)cc1. The average Bonchev–Trinajstić information content (AvgIpc) is 3.11. The Labute approximate surface area is 139 Å². The number of hydrogen-bond acceptors (Lipinski definition) is 8. The molecular weight excluding hydrogens is 314 g/mol. The van der Waals surface area contributed by atoms with Gasteiger partial charge in [-0.1, -0.05) is 12.1 Å². The first-order valence-corrected chi connectivity index (χ1v) is 7.74. The summed E-state index contributed by atoms with van der Waals surface area (Å²) in [6, 6.07) is 5.42. The average molecular weight is 335 g/mol. The molecule has 5 N–H and O–H groups in total. The van der Waals surface area contributed by atoms with E-state index in [9.17, 15) is 14.4 Å². The number of rotatable bonds is 6. The number of hydrogen-bond donors (Lipinski definition) is 3. The Morgan fingerprint density at radius 1 is 1.25 bits per heavy atom. The second kappa shape index (κ2) is 8.53. The summed E-state index contributed by atoms with van der Waals surface area (Å²) in [6.45, 7) is 0.438. The van der Waals surface area contributed by atoms with Crippen LogP contribution in [0.15, 0.2) is 24.3 Å². The highest BCUT2D eigenvalue weighted by atomic mass is 16.6. The van der Waals surface area contributed by atoms with Gasteiger partial charge in [0.1, 0.15) is 17.8 Å². The lowest BCUT2D eigenvalue weighted by Crippen LogP contribution is -2.37. The van der Waals surface area contributed by atoms with Crippen LogP contribution in [0, 0.1) is 0 Å². The van der Waals surface area contributed by atoms with Gasteiger partial charge in [0.15, 0.2) is 0 Å². The molecule has 2 rings (SSSR count). The fourth-order valence-electron chi connectivity index (χ4n) is 2.33.